The number of rotatable bonds is 4. The Labute approximate surface area is 133 Å². The van der Waals surface area contributed by atoms with Crippen LogP contribution in [0, 0.1) is 13.8 Å². The second-order valence-electron chi connectivity index (χ2n) is 5.00. The lowest BCUT2D eigenvalue weighted by molar-refractivity contribution is 0.102. The van der Waals surface area contributed by atoms with E-state index in [4.69, 9.17) is 0 Å². The molecule has 2 aromatic rings. The molecule has 3 nitrogen and oxygen atoms in total. The highest BCUT2D eigenvalue weighted by Gasteiger charge is 2.10. The molecule has 0 saturated heterocycles. The zero-order valence-corrected chi connectivity index (χ0v) is 14.0. The lowest BCUT2D eigenvalue weighted by Crippen LogP contribution is -2.13. The van der Waals surface area contributed by atoms with Crippen LogP contribution in [0.5, 0.6) is 0 Å². The molecule has 0 unspecified atom stereocenters. The van der Waals surface area contributed by atoms with Crippen LogP contribution in [0.3, 0.4) is 0 Å². The van der Waals surface area contributed by atoms with Gasteiger partial charge in [-0.2, -0.15) is 0 Å². The van der Waals surface area contributed by atoms with E-state index < -0.39 is 0 Å². The van der Waals surface area contributed by atoms with Gasteiger partial charge in [0.15, 0.2) is 0 Å². The summed E-state index contributed by atoms with van der Waals surface area (Å²) in [7, 11) is 0. The molecule has 0 radical (unpaired) electrons. The summed E-state index contributed by atoms with van der Waals surface area (Å²) in [5.41, 5.74) is 4.70. The van der Waals surface area contributed by atoms with E-state index in [1.807, 2.05) is 50.2 Å². The summed E-state index contributed by atoms with van der Waals surface area (Å²) in [6.07, 6.45) is 0. The summed E-state index contributed by atoms with van der Waals surface area (Å²) in [5, 5.41) is 6.19. The minimum atomic E-state index is -0.106. The maximum atomic E-state index is 12.3. The number of aryl methyl sites for hydroxylation is 2. The van der Waals surface area contributed by atoms with Gasteiger partial charge in [-0.05, 0) is 78.2 Å². The molecule has 0 spiro atoms. The van der Waals surface area contributed by atoms with Crippen LogP contribution in [0.25, 0.3) is 0 Å². The standard InChI is InChI=1S/C17H19BrN2O/c1-4-19-15-8-6-13(10-12(15)3)17(21)20-16-7-5-11(2)9-14(16)18/h5-10,19H,4H2,1-3H3,(H,20,21). The Morgan fingerprint density at radius 2 is 1.81 bits per heavy atom. The van der Waals surface area contributed by atoms with E-state index in [0.717, 1.165) is 33.5 Å². The van der Waals surface area contributed by atoms with Crippen molar-refractivity contribution >= 4 is 33.2 Å². The van der Waals surface area contributed by atoms with Crippen molar-refractivity contribution in [2.24, 2.45) is 0 Å². The molecule has 0 aromatic heterocycles. The van der Waals surface area contributed by atoms with Crippen LogP contribution in [0.2, 0.25) is 0 Å². The van der Waals surface area contributed by atoms with Crippen molar-refractivity contribution in [2.45, 2.75) is 20.8 Å². The SMILES string of the molecule is CCNc1ccc(C(=O)Nc2ccc(C)cc2Br)cc1C. The molecule has 0 saturated carbocycles. The predicted octanol–water partition coefficient (Wildman–Crippen LogP) is 4.75. The lowest BCUT2D eigenvalue weighted by atomic mass is 10.1. The molecule has 1 amide bonds. The highest BCUT2D eigenvalue weighted by atomic mass is 79.9. The normalized spacial score (nSPS) is 10.3. The number of halogens is 1. The minimum Gasteiger partial charge on any atom is -0.385 e. The Morgan fingerprint density at radius 1 is 1.10 bits per heavy atom. The predicted molar refractivity (Wildman–Crippen MR) is 92.2 cm³/mol. The topological polar surface area (TPSA) is 41.1 Å². The fraction of sp³-hybridized carbons (Fsp3) is 0.235. The highest BCUT2D eigenvalue weighted by molar-refractivity contribution is 9.10. The van der Waals surface area contributed by atoms with Gasteiger partial charge in [0.25, 0.3) is 5.91 Å². The third-order valence-corrected chi connectivity index (χ3v) is 3.88. The minimum absolute atomic E-state index is 0.106. The van der Waals surface area contributed by atoms with Crippen molar-refractivity contribution in [1.82, 2.24) is 0 Å². The number of hydrogen-bond donors (Lipinski definition) is 2. The van der Waals surface area contributed by atoms with Gasteiger partial charge in [-0.25, -0.2) is 0 Å². The number of carbonyl (C=O) groups excluding carboxylic acids is 1. The fourth-order valence-corrected chi connectivity index (χ4v) is 2.70. The molecule has 2 rings (SSSR count). The van der Waals surface area contributed by atoms with E-state index in [-0.39, 0.29) is 5.91 Å². The molecule has 110 valence electrons. The molecule has 4 heteroatoms. The summed E-state index contributed by atoms with van der Waals surface area (Å²) < 4.78 is 0.886. The van der Waals surface area contributed by atoms with E-state index >= 15 is 0 Å². The van der Waals surface area contributed by atoms with Crippen molar-refractivity contribution in [3.8, 4) is 0 Å². The molecule has 2 aromatic carbocycles. The first-order valence-corrected chi connectivity index (χ1v) is 7.72. The van der Waals surface area contributed by atoms with Crippen LogP contribution in [0.1, 0.15) is 28.4 Å². The van der Waals surface area contributed by atoms with Gasteiger partial charge in [0.2, 0.25) is 0 Å². The van der Waals surface area contributed by atoms with Crippen molar-refractivity contribution in [1.29, 1.82) is 0 Å². The van der Waals surface area contributed by atoms with E-state index in [9.17, 15) is 4.79 Å². The van der Waals surface area contributed by atoms with Crippen LogP contribution in [-0.4, -0.2) is 12.5 Å². The monoisotopic (exact) mass is 346 g/mol. The Kier molecular flexibility index (Phi) is 5.02. The largest absolute Gasteiger partial charge is 0.385 e. The Bertz CT molecular complexity index is 668. The molecule has 0 aliphatic rings. The summed E-state index contributed by atoms with van der Waals surface area (Å²) in [6, 6.07) is 11.5. The van der Waals surface area contributed by atoms with Crippen LogP contribution >= 0.6 is 15.9 Å². The molecule has 21 heavy (non-hydrogen) atoms. The number of nitrogens with one attached hydrogen (secondary N) is 2. The van der Waals surface area contributed by atoms with Crippen LogP contribution in [0.15, 0.2) is 40.9 Å². The molecule has 0 atom stereocenters. The molecule has 0 fully saturated rings. The van der Waals surface area contributed by atoms with Crippen molar-refractivity contribution in [3.63, 3.8) is 0 Å². The first-order valence-electron chi connectivity index (χ1n) is 6.93. The van der Waals surface area contributed by atoms with Gasteiger partial charge in [-0.15, -0.1) is 0 Å². The van der Waals surface area contributed by atoms with E-state index in [0.29, 0.717) is 5.56 Å². The number of carbonyl (C=O) groups is 1. The van der Waals surface area contributed by atoms with E-state index in [2.05, 4.69) is 33.5 Å². The zero-order valence-electron chi connectivity index (χ0n) is 12.5. The maximum absolute atomic E-state index is 12.3. The first kappa shape index (κ1) is 15.6. The van der Waals surface area contributed by atoms with Gasteiger partial charge in [0, 0.05) is 22.3 Å². The average Bonchev–Trinajstić information content (AvgIpc) is 2.44. The molecule has 0 aliphatic heterocycles. The van der Waals surface area contributed by atoms with Crippen LogP contribution in [0.4, 0.5) is 11.4 Å². The van der Waals surface area contributed by atoms with Crippen LogP contribution in [-0.2, 0) is 0 Å². The lowest BCUT2D eigenvalue weighted by Gasteiger charge is -2.11. The first-order chi connectivity index (χ1) is 10.0. The van der Waals surface area contributed by atoms with E-state index in [1.54, 1.807) is 0 Å². The second kappa shape index (κ2) is 6.76. The van der Waals surface area contributed by atoms with Crippen molar-refractivity contribution in [2.75, 3.05) is 17.2 Å². The average molecular weight is 347 g/mol. The molecular weight excluding hydrogens is 328 g/mol. The third kappa shape index (κ3) is 3.85. The number of amides is 1. The Balaban J connectivity index is 2.18. The number of hydrogen-bond acceptors (Lipinski definition) is 2. The van der Waals surface area contributed by atoms with Gasteiger partial charge < -0.3 is 10.6 Å². The summed E-state index contributed by atoms with van der Waals surface area (Å²) in [6.45, 7) is 6.92. The second-order valence-corrected chi connectivity index (χ2v) is 5.85. The molecular formula is C17H19BrN2O. The quantitative estimate of drug-likeness (QED) is 0.838. The summed E-state index contributed by atoms with van der Waals surface area (Å²) in [5.74, 6) is -0.106. The molecule has 2 N–H and O–H groups in total. The highest BCUT2D eigenvalue weighted by Crippen LogP contribution is 2.24. The van der Waals surface area contributed by atoms with Crippen molar-refractivity contribution in [3.05, 3.63) is 57.6 Å². The van der Waals surface area contributed by atoms with Gasteiger partial charge in [-0.3, -0.25) is 4.79 Å². The summed E-state index contributed by atoms with van der Waals surface area (Å²) >= 11 is 3.47. The van der Waals surface area contributed by atoms with Gasteiger partial charge in [0.1, 0.15) is 0 Å². The molecule has 0 bridgehead atoms. The molecule has 0 aliphatic carbocycles. The van der Waals surface area contributed by atoms with Gasteiger partial charge in [0.05, 0.1) is 5.69 Å². The Hall–Kier alpha value is -1.81. The van der Waals surface area contributed by atoms with Gasteiger partial charge in [-0.1, -0.05) is 6.07 Å². The maximum Gasteiger partial charge on any atom is 0.255 e. The van der Waals surface area contributed by atoms with E-state index in [1.165, 1.54) is 0 Å². The zero-order chi connectivity index (χ0) is 15.4. The van der Waals surface area contributed by atoms with Gasteiger partial charge >= 0.3 is 0 Å². The number of benzene rings is 2. The fourth-order valence-electron chi connectivity index (χ4n) is 2.11. The van der Waals surface area contributed by atoms with Crippen molar-refractivity contribution < 1.29 is 4.79 Å². The number of anilines is 2. The smallest absolute Gasteiger partial charge is 0.255 e. The Morgan fingerprint density at radius 3 is 2.43 bits per heavy atom. The molecule has 0 heterocycles. The van der Waals surface area contributed by atoms with Crippen LogP contribution < -0.4 is 10.6 Å². The summed E-state index contributed by atoms with van der Waals surface area (Å²) in [4.78, 5) is 12.3. The third-order valence-electron chi connectivity index (χ3n) is 3.23.